The van der Waals surface area contributed by atoms with Crippen LogP contribution in [0.1, 0.15) is 37.7 Å². The van der Waals surface area contributed by atoms with Crippen molar-refractivity contribution in [2.75, 3.05) is 46.4 Å². The van der Waals surface area contributed by atoms with Crippen molar-refractivity contribution in [3.05, 3.63) is 35.9 Å². The summed E-state index contributed by atoms with van der Waals surface area (Å²) in [6.45, 7) is 5.37. The van der Waals surface area contributed by atoms with Gasteiger partial charge >= 0.3 is 0 Å². The number of piperazine rings is 1. The van der Waals surface area contributed by atoms with Crippen LogP contribution in [0.25, 0.3) is 0 Å². The first-order valence-electron chi connectivity index (χ1n) is 9.78. The van der Waals surface area contributed by atoms with E-state index in [1.807, 2.05) is 0 Å². The minimum absolute atomic E-state index is 0.237. The Kier molecular flexibility index (Phi) is 4.59. The van der Waals surface area contributed by atoms with Crippen molar-refractivity contribution in [3.8, 4) is 0 Å². The molecule has 4 heteroatoms. The molecule has 0 bridgehead atoms. The summed E-state index contributed by atoms with van der Waals surface area (Å²) in [7, 11) is 1.75. The Morgan fingerprint density at radius 1 is 1.08 bits per heavy atom. The topological polar surface area (TPSA) is 32.8 Å². The summed E-state index contributed by atoms with van der Waals surface area (Å²) < 4.78 is 5.18. The zero-order chi connectivity index (χ0) is 17.3. The van der Waals surface area contributed by atoms with Gasteiger partial charge in [-0.2, -0.15) is 0 Å². The second kappa shape index (κ2) is 6.73. The number of benzene rings is 1. The molecule has 3 aliphatic rings. The van der Waals surface area contributed by atoms with Gasteiger partial charge in [-0.15, -0.1) is 0 Å². The predicted molar refractivity (Wildman–Crippen MR) is 98.5 cm³/mol. The van der Waals surface area contributed by atoms with Crippen molar-refractivity contribution in [2.45, 2.75) is 37.5 Å². The number of amides is 1. The third-order valence-corrected chi connectivity index (χ3v) is 6.85. The van der Waals surface area contributed by atoms with Gasteiger partial charge in [0.1, 0.15) is 0 Å². The molecule has 0 N–H and O–H groups in total. The average molecular weight is 342 g/mol. The van der Waals surface area contributed by atoms with Crippen molar-refractivity contribution in [3.63, 3.8) is 0 Å². The Morgan fingerprint density at radius 3 is 2.40 bits per heavy atom. The molecule has 4 rings (SSSR count). The van der Waals surface area contributed by atoms with Gasteiger partial charge in [0.05, 0.1) is 12.0 Å². The summed E-state index contributed by atoms with van der Waals surface area (Å²) in [5, 5.41) is 0. The molecule has 4 nitrogen and oxygen atoms in total. The summed E-state index contributed by atoms with van der Waals surface area (Å²) in [4.78, 5) is 18.2. The number of rotatable bonds is 5. The molecule has 25 heavy (non-hydrogen) atoms. The third-order valence-electron chi connectivity index (χ3n) is 6.85. The number of carbonyl (C=O) groups excluding carboxylic acids is 1. The molecule has 1 unspecified atom stereocenters. The quantitative estimate of drug-likeness (QED) is 0.825. The fourth-order valence-electron chi connectivity index (χ4n) is 5.34. The minimum atomic E-state index is -0.237. The molecule has 1 spiro atoms. The summed E-state index contributed by atoms with van der Waals surface area (Å²) in [5.41, 5.74) is 1.27. The van der Waals surface area contributed by atoms with Gasteiger partial charge in [0.2, 0.25) is 5.91 Å². The maximum Gasteiger partial charge on any atom is 0.233 e. The lowest BCUT2D eigenvalue weighted by Gasteiger charge is -2.37. The van der Waals surface area contributed by atoms with E-state index >= 15 is 0 Å². The van der Waals surface area contributed by atoms with Crippen LogP contribution < -0.4 is 0 Å². The first-order valence-corrected chi connectivity index (χ1v) is 9.78. The van der Waals surface area contributed by atoms with E-state index in [0.29, 0.717) is 5.91 Å². The van der Waals surface area contributed by atoms with Crippen LogP contribution in [0.3, 0.4) is 0 Å². The maximum atomic E-state index is 13.6. The fourth-order valence-corrected chi connectivity index (χ4v) is 5.34. The molecule has 3 fully saturated rings. The van der Waals surface area contributed by atoms with Gasteiger partial charge in [-0.3, -0.25) is 9.69 Å². The Bertz CT molecular complexity index is 604. The van der Waals surface area contributed by atoms with E-state index in [-0.39, 0.29) is 10.8 Å². The molecule has 136 valence electrons. The van der Waals surface area contributed by atoms with Crippen molar-refractivity contribution < 1.29 is 9.53 Å². The first-order chi connectivity index (χ1) is 12.2. The van der Waals surface area contributed by atoms with Gasteiger partial charge in [-0.25, -0.2) is 0 Å². The van der Waals surface area contributed by atoms with Crippen molar-refractivity contribution in [1.29, 1.82) is 0 Å². The summed E-state index contributed by atoms with van der Waals surface area (Å²) in [6, 6.07) is 10.6. The molecule has 2 saturated carbocycles. The zero-order valence-corrected chi connectivity index (χ0v) is 15.4. The number of ether oxygens (including phenoxy) is 1. The highest BCUT2D eigenvalue weighted by atomic mass is 16.5. The third kappa shape index (κ3) is 2.80. The summed E-state index contributed by atoms with van der Waals surface area (Å²) >= 11 is 0. The van der Waals surface area contributed by atoms with E-state index < -0.39 is 0 Å². The Hall–Kier alpha value is -1.39. The van der Waals surface area contributed by atoms with E-state index in [2.05, 4.69) is 40.1 Å². The molecule has 1 aromatic rings. The first kappa shape index (κ1) is 17.0. The highest BCUT2D eigenvalue weighted by Gasteiger charge is 2.73. The van der Waals surface area contributed by atoms with Gasteiger partial charge in [-0.05, 0) is 30.2 Å². The standard InChI is InChI=1S/C21H30N2O2/c1-25-16-15-22-11-13-23(14-12-22)19(24)21(18-7-3-2-4-8-18)17-20(21)9-5-6-10-20/h2-4,7-8H,5-6,9-17H2,1H3. The molecule has 2 aliphatic carbocycles. The highest BCUT2D eigenvalue weighted by Crippen LogP contribution is 2.72. The largest absolute Gasteiger partial charge is 0.383 e. The van der Waals surface area contributed by atoms with Crippen LogP contribution in [0.4, 0.5) is 0 Å². The molecule has 1 amide bonds. The summed E-state index contributed by atoms with van der Waals surface area (Å²) in [5.74, 6) is 0.395. The predicted octanol–water partition coefficient (Wildman–Crippen LogP) is 2.68. The van der Waals surface area contributed by atoms with E-state index in [1.165, 1.54) is 31.2 Å². The average Bonchev–Trinajstić information content (AvgIpc) is 3.07. The van der Waals surface area contributed by atoms with Gasteiger partial charge in [0, 0.05) is 39.8 Å². The Morgan fingerprint density at radius 2 is 1.76 bits per heavy atom. The van der Waals surface area contributed by atoms with Crippen LogP contribution in [0, 0.1) is 5.41 Å². The van der Waals surface area contributed by atoms with Crippen molar-refractivity contribution in [1.82, 2.24) is 9.80 Å². The second-order valence-corrected chi connectivity index (χ2v) is 8.06. The lowest BCUT2D eigenvalue weighted by atomic mass is 9.83. The Labute approximate surface area is 151 Å². The number of hydrogen-bond donors (Lipinski definition) is 0. The molecule has 1 heterocycles. The minimum Gasteiger partial charge on any atom is -0.383 e. The Balaban J connectivity index is 1.51. The smallest absolute Gasteiger partial charge is 0.233 e. The normalized spacial score (nSPS) is 28.4. The van der Waals surface area contributed by atoms with Gasteiger partial charge < -0.3 is 9.64 Å². The van der Waals surface area contributed by atoms with Gasteiger partial charge in [0.25, 0.3) is 0 Å². The lowest BCUT2D eigenvalue weighted by Crippen LogP contribution is -2.52. The molecule has 0 radical (unpaired) electrons. The van der Waals surface area contributed by atoms with Crippen LogP contribution in [0.15, 0.2) is 30.3 Å². The molecule has 1 aliphatic heterocycles. The molecular formula is C21H30N2O2. The van der Waals surface area contributed by atoms with Gasteiger partial charge in [-0.1, -0.05) is 43.2 Å². The molecule has 0 aromatic heterocycles. The molecule has 1 aromatic carbocycles. The second-order valence-electron chi connectivity index (χ2n) is 8.06. The van der Waals surface area contributed by atoms with Crippen LogP contribution >= 0.6 is 0 Å². The molecule has 1 atom stereocenters. The van der Waals surface area contributed by atoms with Crippen LogP contribution in [0.5, 0.6) is 0 Å². The SMILES string of the molecule is COCCN1CCN(C(=O)C2(c3ccccc3)CC23CCCC3)CC1. The van der Waals surface area contributed by atoms with E-state index in [9.17, 15) is 4.79 Å². The van der Waals surface area contributed by atoms with Crippen LogP contribution in [0.2, 0.25) is 0 Å². The number of nitrogens with zero attached hydrogens (tertiary/aromatic N) is 2. The van der Waals surface area contributed by atoms with Crippen molar-refractivity contribution >= 4 is 5.91 Å². The number of hydrogen-bond acceptors (Lipinski definition) is 3. The fraction of sp³-hybridized carbons (Fsp3) is 0.667. The van der Waals surface area contributed by atoms with Crippen LogP contribution in [-0.2, 0) is 14.9 Å². The molecule has 1 saturated heterocycles. The zero-order valence-electron chi connectivity index (χ0n) is 15.4. The van der Waals surface area contributed by atoms with Crippen molar-refractivity contribution in [2.24, 2.45) is 5.41 Å². The highest BCUT2D eigenvalue weighted by molar-refractivity contribution is 5.93. The monoisotopic (exact) mass is 342 g/mol. The van der Waals surface area contributed by atoms with E-state index in [1.54, 1.807) is 7.11 Å². The van der Waals surface area contributed by atoms with E-state index in [0.717, 1.165) is 45.8 Å². The van der Waals surface area contributed by atoms with E-state index in [4.69, 9.17) is 4.74 Å². The lowest BCUT2D eigenvalue weighted by molar-refractivity contribution is -0.137. The maximum absolute atomic E-state index is 13.6. The van der Waals surface area contributed by atoms with Crippen LogP contribution in [-0.4, -0.2) is 62.1 Å². The number of methoxy groups -OCH3 is 1. The van der Waals surface area contributed by atoms with Gasteiger partial charge in [0.15, 0.2) is 0 Å². The number of carbonyl (C=O) groups is 1. The molecular weight excluding hydrogens is 312 g/mol. The summed E-state index contributed by atoms with van der Waals surface area (Å²) in [6.07, 6.45) is 6.08.